The summed E-state index contributed by atoms with van der Waals surface area (Å²) in [5, 5.41) is 11.6. The van der Waals surface area contributed by atoms with Crippen molar-refractivity contribution < 1.29 is 33.5 Å². The van der Waals surface area contributed by atoms with Gasteiger partial charge in [0, 0.05) is 33.0 Å². The molecule has 0 saturated carbocycles. The monoisotopic (exact) mass is 513 g/mol. The molecule has 0 aromatic heterocycles. The van der Waals surface area contributed by atoms with Gasteiger partial charge in [-0.15, -0.1) is 0 Å². The van der Waals surface area contributed by atoms with Crippen LogP contribution in [0.15, 0.2) is 42.5 Å². The molecule has 0 N–H and O–H groups in total. The van der Waals surface area contributed by atoms with Crippen LogP contribution in [0.4, 0.5) is 10.5 Å². The summed E-state index contributed by atoms with van der Waals surface area (Å²) in [4.78, 5) is 52.9. The minimum absolute atomic E-state index is 0.00369. The number of carbonyl (C=O) groups excluding carboxylic acids is 3. The van der Waals surface area contributed by atoms with E-state index in [1.807, 2.05) is 0 Å². The van der Waals surface area contributed by atoms with E-state index in [1.165, 1.54) is 49.2 Å². The Morgan fingerprint density at radius 3 is 2.30 bits per heavy atom. The van der Waals surface area contributed by atoms with Crippen LogP contribution >= 0.6 is 0 Å². The average molecular weight is 514 g/mol. The minimum Gasteiger partial charge on any atom is -0.467 e. The zero-order valence-electron chi connectivity index (χ0n) is 21.7. The summed E-state index contributed by atoms with van der Waals surface area (Å²) in [7, 11) is 4.14. The smallest absolute Gasteiger partial charge is 0.410 e. The van der Waals surface area contributed by atoms with Gasteiger partial charge < -0.3 is 19.1 Å². The molecule has 2 atom stereocenters. The maximum absolute atomic E-state index is 13.8. The van der Waals surface area contributed by atoms with Crippen molar-refractivity contribution in [2.45, 2.75) is 51.3 Å². The zero-order chi connectivity index (χ0) is 27.5. The number of nitro benzene ring substituents is 1. The van der Waals surface area contributed by atoms with E-state index in [0.717, 1.165) is 0 Å². The fourth-order valence-electron chi connectivity index (χ4n) is 3.94. The third-order valence-corrected chi connectivity index (χ3v) is 5.95. The second-order valence-electron chi connectivity index (χ2n) is 9.81. The van der Waals surface area contributed by atoms with Crippen LogP contribution in [0, 0.1) is 10.1 Å². The molecular formula is C26H31N3O8. The highest BCUT2D eigenvalue weighted by atomic mass is 16.6. The van der Waals surface area contributed by atoms with Crippen molar-refractivity contribution in [2.75, 3.05) is 21.2 Å². The van der Waals surface area contributed by atoms with Crippen molar-refractivity contribution in [1.82, 2.24) is 9.80 Å². The highest BCUT2D eigenvalue weighted by Gasteiger charge is 2.37. The van der Waals surface area contributed by atoms with Crippen LogP contribution < -0.4 is 4.74 Å². The topological polar surface area (TPSA) is 129 Å². The van der Waals surface area contributed by atoms with E-state index in [0.29, 0.717) is 16.9 Å². The quantitative estimate of drug-likeness (QED) is 0.345. The molecule has 2 aromatic carbocycles. The van der Waals surface area contributed by atoms with Crippen LogP contribution in [0.2, 0.25) is 0 Å². The maximum atomic E-state index is 13.8. The Hall–Kier alpha value is -4.15. The number of rotatable bonds is 3. The van der Waals surface area contributed by atoms with E-state index in [1.54, 1.807) is 45.0 Å². The van der Waals surface area contributed by atoms with Gasteiger partial charge in [0.05, 0.1) is 12.0 Å². The summed E-state index contributed by atoms with van der Waals surface area (Å²) in [6.07, 6.45) is -0.558. The molecule has 0 unspecified atom stereocenters. The summed E-state index contributed by atoms with van der Waals surface area (Å²) >= 11 is 0. The number of nitrogens with zero attached hydrogens (tertiary/aromatic N) is 3. The molecule has 4 bridgehead atoms. The first-order valence-corrected chi connectivity index (χ1v) is 11.6. The number of esters is 1. The molecule has 11 heteroatoms. The number of nitro groups is 1. The van der Waals surface area contributed by atoms with Crippen LogP contribution in [0.3, 0.4) is 0 Å². The zero-order valence-corrected chi connectivity index (χ0v) is 21.7. The van der Waals surface area contributed by atoms with Crippen LogP contribution in [-0.4, -0.2) is 71.6 Å². The van der Waals surface area contributed by atoms with Gasteiger partial charge in [-0.25, -0.2) is 9.59 Å². The number of ether oxygens (including phenoxy) is 3. The first-order chi connectivity index (χ1) is 17.3. The van der Waals surface area contributed by atoms with Crippen molar-refractivity contribution in [3.8, 4) is 11.5 Å². The molecule has 198 valence electrons. The van der Waals surface area contributed by atoms with Crippen molar-refractivity contribution >= 4 is 23.7 Å². The Morgan fingerprint density at radius 1 is 1.11 bits per heavy atom. The van der Waals surface area contributed by atoms with Gasteiger partial charge in [0.25, 0.3) is 0 Å². The number of likely N-dealkylation sites (N-methyl/N-ethyl adjacent to an activating group) is 2. The van der Waals surface area contributed by atoms with Crippen molar-refractivity contribution in [1.29, 1.82) is 0 Å². The first kappa shape index (κ1) is 27.4. The summed E-state index contributed by atoms with van der Waals surface area (Å²) in [5.41, 5.74) is 0.201. The Kier molecular flexibility index (Phi) is 8.05. The minimum atomic E-state index is -1.06. The predicted octanol–water partition coefficient (Wildman–Crippen LogP) is 3.72. The van der Waals surface area contributed by atoms with Gasteiger partial charge in [-0.05, 0) is 50.1 Å². The number of benzene rings is 2. The van der Waals surface area contributed by atoms with E-state index in [2.05, 4.69) is 0 Å². The van der Waals surface area contributed by atoms with E-state index in [-0.39, 0.29) is 24.3 Å². The van der Waals surface area contributed by atoms with E-state index in [4.69, 9.17) is 14.2 Å². The Labute approximate surface area is 215 Å². The van der Waals surface area contributed by atoms with Crippen LogP contribution in [0.25, 0.3) is 0 Å². The Balaban J connectivity index is 2.11. The van der Waals surface area contributed by atoms with Crippen molar-refractivity contribution in [3.63, 3.8) is 0 Å². The van der Waals surface area contributed by atoms with Crippen LogP contribution in [0.1, 0.15) is 31.9 Å². The van der Waals surface area contributed by atoms with E-state index < -0.39 is 40.6 Å². The lowest BCUT2D eigenvalue weighted by molar-refractivity contribution is -0.385. The number of hydrogen-bond donors (Lipinski definition) is 0. The molecule has 0 aliphatic carbocycles. The van der Waals surface area contributed by atoms with E-state index in [9.17, 15) is 24.5 Å². The van der Waals surface area contributed by atoms with Crippen LogP contribution in [-0.2, 0) is 31.9 Å². The van der Waals surface area contributed by atoms with Gasteiger partial charge in [-0.3, -0.25) is 19.8 Å². The molecule has 2 amide bonds. The molecule has 0 saturated heterocycles. The standard InChI is InChI=1S/C26H31N3O8/c1-26(2,3)37-25(32)28(5)20-13-16-7-10-18(11-8-16)36-22-15-17(9-12-19(22)29(33)34)14-21(24(31)35-6)27(4)23(20)30/h7-12,15,20-21H,13-14H2,1-6H3/t20-,21+/m0/s1. The Morgan fingerprint density at radius 2 is 1.73 bits per heavy atom. The molecule has 2 heterocycles. The van der Waals surface area contributed by atoms with Gasteiger partial charge in [-0.2, -0.15) is 0 Å². The fourth-order valence-corrected chi connectivity index (χ4v) is 3.94. The SMILES string of the molecule is COC(=O)[C@H]1Cc2ccc([N+](=O)[O-])c(c2)Oc2ccc(cc2)C[C@H](N(C)C(=O)OC(C)(C)C)C(=O)N1C. The number of fused-ring (bicyclic) bond motifs is 7. The lowest BCUT2D eigenvalue weighted by atomic mass is 10.00. The molecule has 0 radical (unpaired) electrons. The molecule has 4 rings (SSSR count). The second-order valence-corrected chi connectivity index (χ2v) is 9.81. The predicted molar refractivity (Wildman–Crippen MR) is 133 cm³/mol. The van der Waals surface area contributed by atoms with Gasteiger partial charge in [-0.1, -0.05) is 18.2 Å². The third-order valence-electron chi connectivity index (χ3n) is 5.95. The number of hydrogen-bond acceptors (Lipinski definition) is 8. The van der Waals surface area contributed by atoms with Gasteiger partial charge in [0.1, 0.15) is 23.4 Å². The van der Waals surface area contributed by atoms with Gasteiger partial charge >= 0.3 is 17.7 Å². The third kappa shape index (κ3) is 6.54. The van der Waals surface area contributed by atoms with Gasteiger partial charge in [0.2, 0.25) is 11.7 Å². The van der Waals surface area contributed by atoms with E-state index >= 15 is 0 Å². The maximum Gasteiger partial charge on any atom is 0.410 e. The molecule has 11 nitrogen and oxygen atoms in total. The molecular weight excluding hydrogens is 482 g/mol. The molecule has 37 heavy (non-hydrogen) atoms. The lowest BCUT2D eigenvalue weighted by Crippen LogP contribution is -2.55. The lowest BCUT2D eigenvalue weighted by Gasteiger charge is -2.35. The first-order valence-electron chi connectivity index (χ1n) is 11.6. The summed E-state index contributed by atoms with van der Waals surface area (Å²) < 4.78 is 16.3. The molecule has 2 aliphatic heterocycles. The summed E-state index contributed by atoms with van der Waals surface area (Å²) in [6, 6.07) is 8.88. The molecule has 2 aliphatic rings. The molecule has 0 fully saturated rings. The highest BCUT2D eigenvalue weighted by Crippen LogP contribution is 2.33. The molecule has 0 spiro atoms. The largest absolute Gasteiger partial charge is 0.467 e. The highest BCUT2D eigenvalue weighted by molar-refractivity contribution is 5.90. The Bertz CT molecular complexity index is 1190. The molecule has 2 aromatic rings. The fraction of sp³-hybridized carbons (Fsp3) is 0.423. The number of methoxy groups -OCH3 is 1. The van der Waals surface area contributed by atoms with Crippen molar-refractivity contribution in [3.05, 3.63) is 63.7 Å². The number of carbonyl (C=O) groups is 3. The average Bonchev–Trinajstić information content (AvgIpc) is 2.83. The van der Waals surface area contributed by atoms with Gasteiger partial charge in [0.15, 0.2) is 0 Å². The second kappa shape index (κ2) is 10.9. The normalized spacial score (nSPS) is 17.9. The van der Waals surface area contributed by atoms with Crippen LogP contribution in [0.5, 0.6) is 11.5 Å². The number of amides is 2. The van der Waals surface area contributed by atoms with Crippen molar-refractivity contribution in [2.24, 2.45) is 0 Å². The summed E-state index contributed by atoms with van der Waals surface area (Å²) in [6.45, 7) is 5.18. The summed E-state index contributed by atoms with van der Waals surface area (Å²) in [5.74, 6) is -0.812.